The molecule has 0 unspecified atom stereocenters. The number of hydrogen-bond acceptors (Lipinski definition) is 2. The van der Waals surface area contributed by atoms with Crippen molar-refractivity contribution in [3.8, 4) is 5.75 Å². The van der Waals surface area contributed by atoms with Crippen molar-refractivity contribution >= 4 is 53.5 Å². The van der Waals surface area contributed by atoms with Crippen LogP contribution in [0.1, 0.15) is 52.0 Å². The topological polar surface area (TPSA) is 18.5 Å². The molecule has 1 spiro atoms. The van der Waals surface area contributed by atoms with Gasteiger partial charge in [0.25, 0.3) is 0 Å². The van der Waals surface area contributed by atoms with Gasteiger partial charge in [-0.3, -0.25) is 0 Å². The number of aryl methyl sites for hydroxylation is 6. The molecule has 1 saturated heterocycles. The summed E-state index contributed by atoms with van der Waals surface area (Å²) >= 11 is -2.25. The van der Waals surface area contributed by atoms with Gasteiger partial charge in [0.05, 0.1) is 0 Å². The van der Waals surface area contributed by atoms with E-state index in [2.05, 4.69) is 109 Å². The Hall–Kier alpha value is -2.11. The number of rotatable bonds is 2. The second kappa shape index (κ2) is 7.97. The van der Waals surface area contributed by atoms with Gasteiger partial charge in [-0.15, -0.1) is 0 Å². The first-order valence-electron chi connectivity index (χ1n) is 13.6. The van der Waals surface area contributed by atoms with Gasteiger partial charge in [0.1, 0.15) is 0 Å². The Labute approximate surface area is 234 Å². The predicted molar refractivity (Wildman–Crippen MR) is 165 cm³/mol. The molecule has 0 N–H and O–H groups in total. The van der Waals surface area contributed by atoms with Crippen LogP contribution in [-0.2, 0) is 4.52 Å². The number of hydrogen-bond donors (Lipinski definition) is 0. The van der Waals surface area contributed by atoms with E-state index in [1.54, 1.807) is 33.6 Å². The molecule has 4 aromatic rings. The Morgan fingerprint density at radius 2 is 1.03 bits per heavy atom. The summed E-state index contributed by atoms with van der Waals surface area (Å²) in [7, 11) is 1.73. The third-order valence-corrected chi connectivity index (χ3v) is 25.3. The van der Waals surface area contributed by atoms with E-state index in [1.165, 1.54) is 38.9 Å². The van der Waals surface area contributed by atoms with E-state index in [-0.39, 0.29) is 6.10 Å². The molecule has 2 nitrogen and oxygen atoms in total. The summed E-state index contributed by atoms with van der Waals surface area (Å²) in [5.41, 5.74) is 9.99. The molecule has 0 aliphatic carbocycles. The molecule has 4 heterocycles. The van der Waals surface area contributed by atoms with E-state index < -0.39 is 27.0 Å². The van der Waals surface area contributed by atoms with Gasteiger partial charge in [0.15, 0.2) is 0 Å². The Kier molecular flexibility index (Phi) is 5.22. The zero-order chi connectivity index (χ0) is 26.7. The zero-order valence-corrected chi connectivity index (χ0v) is 27.1. The van der Waals surface area contributed by atoms with Crippen LogP contribution in [0.25, 0.3) is 0 Å². The van der Waals surface area contributed by atoms with E-state index in [0.717, 1.165) is 5.75 Å². The number of benzene rings is 4. The van der Waals surface area contributed by atoms with Gasteiger partial charge >= 0.3 is 235 Å². The molecule has 8 rings (SSSR count). The molecular weight excluding hydrogens is 593 g/mol. The predicted octanol–water partition coefficient (Wildman–Crippen LogP) is 4.59. The van der Waals surface area contributed by atoms with Crippen molar-refractivity contribution in [2.75, 3.05) is 7.11 Å². The third-order valence-electron chi connectivity index (χ3n) is 9.92. The average molecular weight is 629 g/mol. The second-order valence-corrected chi connectivity index (χ2v) is 22.5. The maximum atomic E-state index is 7.80. The molecule has 1 fully saturated rings. The van der Waals surface area contributed by atoms with Crippen LogP contribution in [-0.4, -0.2) is 33.0 Å². The van der Waals surface area contributed by atoms with Gasteiger partial charge in [-0.1, -0.05) is 0 Å². The van der Waals surface area contributed by atoms with Crippen molar-refractivity contribution < 1.29 is 9.26 Å². The van der Waals surface area contributed by atoms with Crippen LogP contribution in [0.3, 0.4) is 0 Å². The fraction of sp³-hybridized carbons (Fsp3) is 0.294. The molecule has 0 aromatic heterocycles. The SMILES string of the molecule is COc1ccc([C@@H]2OP34(c5cc(C)c(C)c[c]5[Sb]([c]5cc(C)c(C)cc53)[c]3cc(C)c(C)cc34)[C@@H]2C)cc1. The first-order chi connectivity index (χ1) is 18.1. The molecule has 2 bridgehead atoms. The van der Waals surface area contributed by atoms with Crippen LogP contribution in [0.2, 0.25) is 0 Å². The molecule has 2 atom stereocenters. The van der Waals surface area contributed by atoms with Gasteiger partial charge in [-0.25, -0.2) is 0 Å². The van der Waals surface area contributed by atoms with Gasteiger partial charge in [0, 0.05) is 0 Å². The molecule has 4 aliphatic rings. The monoisotopic (exact) mass is 628 g/mol. The zero-order valence-electron chi connectivity index (χ0n) is 23.6. The summed E-state index contributed by atoms with van der Waals surface area (Å²) in [5.74, 6) is 0.889. The van der Waals surface area contributed by atoms with Crippen LogP contribution >= 0.6 is 6.83 Å². The standard InChI is InChI=1S/C34H36O2P.Sb/c1-22-9-16-31(19-25(22)4)37(32-17-10-23(2)26(5)20-32,33-18-11-24(3)27(6)21-33)28(7)34(36-37)29-12-14-30(35-8)15-13-29;/h9-15,19-21,28,34H,1-8H3;/t28-,34-;/m1./s1. The van der Waals surface area contributed by atoms with Crippen molar-refractivity contribution in [2.24, 2.45) is 0 Å². The molecular formula is C34H36O2PSb. The molecule has 0 radical (unpaired) electrons. The normalized spacial score (nSPS) is 22.6. The molecule has 4 heteroatoms. The molecule has 4 aliphatic heterocycles. The summed E-state index contributed by atoms with van der Waals surface area (Å²) in [6.07, 6.45) is 0.0543. The van der Waals surface area contributed by atoms with Gasteiger partial charge < -0.3 is 0 Å². The summed E-state index contributed by atoms with van der Waals surface area (Å²) in [4.78, 5) is 0. The van der Waals surface area contributed by atoms with Gasteiger partial charge in [0.2, 0.25) is 0 Å². The maximum absolute atomic E-state index is 7.80. The van der Waals surface area contributed by atoms with Crippen LogP contribution < -0.4 is 31.2 Å². The number of methoxy groups -OCH3 is 1. The van der Waals surface area contributed by atoms with Crippen molar-refractivity contribution in [3.63, 3.8) is 0 Å². The molecule has 38 heavy (non-hydrogen) atoms. The first kappa shape index (κ1) is 24.9. The Bertz CT molecular complexity index is 1540. The van der Waals surface area contributed by atoms with Crippen molar-refractivity contribution in [1.29, 1.82) is 0 Å². The van der Waals surface area contributed by atoms with E-state index in [1.807, 2.05) is 0 Å². The van der Waals surface area contributed by atoms with Gasteiger partial charge in [-0.2, -0.15) is 0 Å². The Morgan fingerprint density at radius 3 is 1.39 bits per heavy atom. The second-order valence-electron chi connectivity index (χ2n) is 11.8. The first-order valence-corrected chi connectivity index (χ1v) is 19.7. The van der Waals surface area contributed by atoms with E-state index in [4.69, 9.17) is 9.26 Å². The minimum absolute atomic E-state index is 0.0543. The molecule has 0 amide bonds. The van der Waals surface area contributed by atoms with Crippen LogP contribution in [0.5, 0.6) is 5.75 Å². The fourth-order valence-corrected chi connectivity index (χ4v) is 28.8. The summed E-state index contributed by atoms with van der Waals surface area (Å²) < 4.78 is 18.2. The van der Waals surface area contributed by atoms with Crippen molar-refractivity contribution in [3.05, 3.63) is 99.6 Å². The van der Waals surface area contributed by atoms with Crippen LogP contribution in [0.4, 0.5) is 0 Å². The van der Waals surface area contributed by atoms with Crippen molar-refractivity contribution in [2.45, 2.75) is 60.2 Å². The van der Waals surface area contributed by atoms with Crippen LogP contribution in [0.15, 0.2) is 60.7 Å². The quantitative estimate of drug-likeness (QED) is 0.239. The Morgan fingerprint density at radius 1 is 0.632 bits per heavy atom. The molecule has 4 aromatic carbocycles. The van der Waals surface area contributed by atoms with E-state index in [9.17, 15) is 0 Å². The Balaban J connectivity index is 1.62. The molecule has 194 valence electrons. The van der Waals surface area contributed by atoms with Crippen molar-refractivity contribution in [1.82, 2.24) is 0 Å². The van der Waals surface area contributed by atoms with Gasteiger partial charge in [-0.05, 0) is 0 Å². The van der Waals surface area contributed by atoms with E-state index in [0.29, 0.717) is 5.66 Å². The fourth-order valence-electron chi connectivity index (χ4n) is 7.32. The number of ether oxygens (including phenoxy) is 1. The molecule has 0 saturated carbocycles. The summed E-state index contributed by atoms with van der Waals surface area (Å²) in [6, 6.07) is 23.9. The summed E-state index contributed by atoms with van der Waals surface area (Å²) in [5, 5.41) is 4.68. The average Bonchev–Trinajstić information content (AvgIpc) is 2.90. The van der Waals surface area contributed by atoms with Crippen LogP contribution in [0, 0.1) is 41.5 Å². The van der Waals surface area contributed by atoms with E-state index >= 15 is 0 Å². The summed E-state index contributed by atoms with van der Waals surface area (Å²) in [6.45, 7) is 13.0. The minimum atomic E-state index is -3.20. The third kappa shape index (κ3) is 2.73.